The normalized spacial score (nSPS) is 14.0. The molecule has 110 valence electrons. The first-order valence-electron chi connectivity index (χ1n) is 6.59. The second-order valence-corrected chi connectivity index (χ2v) is 6.19. The van der Waals surface area contributed by atoms with Gasteiger partial charge in [-0.3, -0.25) is 4.79 Å². The highest BCUT2D eigenvalue weighted by atomic mass is 35.5. The van der Waals surface area contributed by atoms with Gasteiger partial charge in [-0.2, -0.15) is 0 Å². The largest absolute Gasteiger partial charge is 0.493 e. The number of hydrogen-bond donors (Lipinski definition) is 0. The summed E-state index contributed by atoms with van der Waals surface area (Å²) >= 11 is 7.93. The van der Waals surface area contributed by atoms with E-state index in [4.69, 9.17) is 21.1 Å². The highest BCUT2D eigenvalue weighted by Crippen LogP contribution is 2.43. The number of fused-ring (bicyclic) bond motifs is 1. The average molecular weight is 324 g/mol. The number of halogens is 1. The first kappa shape index (κ1) is 14.4. The Hall–Kier alpha value is -1.59. The number of carbonyl (C=O) groups excluding carboxylic acids is 1. The van der Waals surface area contributed by atoms with Crippen LogP contribution in [0.3, 0.4) is 0 Å². The van der Waals surface area contributed by atoms with Gasteiger partial charge in [-0.25, -0.2) is 4.98 Å². The van der Waals surface area contributed by atoms with Crippen LogP contribution in [0.5, 0.6) is 11.5 Å². The van der Waals surface area contributed by atoms with E-state index in [1.807, 2.05) is 6.07 Å². The van der Waals surface area contributed by atoms with Gasteiger partial charge in [0.25, 0.3) is 0 Å². The Morgan fingerprint density at radius 2 is 2.05 bits per heavy atom. The molecule has 0 radical (unpaired) electrons. The summed E-state index contributed by atoms with van der Waals surface area (Å²) in [5.41, 5.74) is 1.37. The number of rotatable bonds is 3. The first-order valence-corrected chi connectivity index (χ1v) is 7.79. The van der Waals surface area contributed by atoms with Gasteiger partial charge in [0.05, 0.1) is 19.2 Å². The molecule has 0 amide bonds. The molecule has 2 aromatic rings. The number of aryl methyl sites for hydroxylation is 1. The molecule has 3 rings (SSSR count). The molecule has 4 nitrogen and oxygen atoms in total. The van der Waals surface area contributed by atoms with Crippen LogP contribution >= 0.6 is 22.9 Å². The number of benzene rings is 1. The fourth-order valence-electron chi connectivity index (χ4n) is 2.44. The monoisotopic (exact) mass is 323 g/mol. The average Bonchev–Trinajstić information content (AvgIpc) is 2.92. The van der Waals surface area contributed by atoms with Gasteiger partial charge >= 0.3 is 0 Å². The molecule has 6 heteroatoms. The lowest BCUT2D eigenvalue weighted by molar-refractivity contribution is 0.0968. The van der Waals surface area contributed by atoms with Crippen LogP contribution in [0.1, 0.15) is 28.2 Å². The van der Waals surface area contributed by atoms with Gasteiger partial charge in [0.1, 0.15) is 10.7 Å². The quantitative estimate of drug-likeness (QED) is 0.856. The van der Waals surface area contributed by atoms with Crippen molar-refractivity contribution in [3.05, 3.63) is 27.7 Å². The van der Waals surface area contributed by atoms with Crippen molar-refractivity contribution >= 4 is 28.7 Å². The van der Waals surface area contributed by atoms with Crippen LogP contribution < -0.4 is 9.47 Å². The number of nitrogens with zero attached hydrogens (tertiary/aromatic N) is 1. The van der Waals surface area contributed by atoms with Crippen molar-refractivity contribution in [2.24, 2.45) is 0 Å². The molecule has 0 atom stereocenters. The Labute approximate surface area is 131 Å². The highest BCUT2D eigenvalue weighted by molar-refractivity contribution is 7.15. The number of aromatic nitrogens is 1. The zero-order chi connectivity index (χ0) is 15.0. The summed E-state index contributed by atoms with van der Waals surface area (Å²) in [6.45, 7) is 0. The molecule has 0 fully saturated rings. The molecule has 0 saturated heterocycles. The van der Waals surface area contributed by atoms with E-state index in [0.29, 0.717) is 28.6 Å². The zero-order valence-corrected chi connectivity index (χ0v) is 13.3. The number of ketones is 1. The summed E-state index contributed by atoms with van der Waals surface area (Å²) in [5.74, 6) is 1.18. The molecule has 0 spiro atoms. The van der Waals surface area contributed by atoms with Crippen molar-refractivity contribution in [2.45, 2.75) is 19.3 Å². The fraction of sp³-hybridized carbons (Fsp3) is 0.333. The Bertz CT molecular complexity index is 711. The minimum absolute atomic E-state index is 0.121. The van der Waals surface area contributed by atoms with Gasteiger partial charge in [-0.15, -0.1) is 11.3 Å². The lowest BCUT2D eigenvalue weighted by Gasteiger charge is -2.11. The molecule has 1 aliphatic carbocycles. The maximum Gasteiger partial charge on any atom is 0.182 e. The van der Waals surface area contributed by atoms with E-state index in [-0.39, 0.29) is 5.78 Å². The van der Waals surface area contributed by atoms with E-state index in [1.54, 1.807) is 20.3 Å². The van der Waals surface area contributed by atoms with Gasteiger partial charge in [-0.1, -0.05) is 11.6 Å². The minimum atomic E-state index is 0.121. The summed E-state index contributed by atoms with van der Waals surface area (Å²) < 4.78 is 10.5. The molecule has 0 N–H and O–H groups in total. The Morgan fingerprint density at radius 1 is 1.24 bits per heavy atom. The van der Waals surface area contributed by atoms with E-state index in [2.05, 4.69) is 4.98 Å². The van der Waals surface area contributed by atoms with E-state index >= 15 is 0 Å². The third-order valence-electron chi connectivity index (χ3n) is 3.48. The summed E-state index contributed by atoms with van der Waals surface area (Å²) in [6, 6.07) is 3.64. The number of hydrogen-bond acceptors (Lipinski definition) is 5. The van der Waals surface area contributed by atoms with E-state index in [9.17, 15) is 4.79 Å². The summed E-state index contributed by atoms with van der Waals surface area (Å²) in [7, 11) is 3.11. The molecule has 0 aliphatic heterocycles. The molecule has 1 aromatic heterocycles. The zero-order valence-electron chi connectivity index (χ0n) is 11.7. The van der Waals surface area contributed by atoms with Crippen LogP contribution in [0.2, 0.25) is 5.02 Å². The maximum absolute atomic E-state index is 11.9. The summed E-state index contributed by atoms with van der Waals surface area (Å²) in [4.78, 5) is 17.4. The molecule has 21 heavy (non-hydrogen) atoms. The summed E-state index contributed by atoms with van der Waals surface area (Å²) in [5, 5.41) is 1.21. The second-order valence-electron chi connectivity index (χ2n) is 4.73. The molecular weight excluding hydrogens is 310 g/mol. The highest BCUT2D eigenvalue weighted by Gasteiger charge is 2.24. The topological polar surface area (TPSA) is 48.4 Å². The molecule has 1 aliphatic rings. The van der Waals surface area contributed by atoms with Gasteiger partial charge in [-0.05, 0) is 25.0 Å². The minimum Gasteiger partial charge on any atom is -0.493 e. The smallest absolute Gasteiger partial charge is 0.182 e. The van der Waals surface area contributed by atoms with Crippen molar-refractivity contribution in [3.8, 4) is 22.1 Å². The number of Topliss-reactive ketones (excluding diaryl/α,β-unsaturated/α-hetero) is 1. The molecule has 0 bridgehead atoms. The van der Waals surface area contributed by atoms with Crippen LogP contribution in [-0.2, 0) is 6.42 Å². The van der Waals surface area contributed by atoms with Crippen LogP contribution in [-0.4, -0.2) is 25.0 Å². The van der Waals surface area contributed by atoms with Crippen LogP contribution in [0.4, 0.5) is 0 Å². The fourth-order valence-corrected chi connectivity index (χ4v) is 3.97. The number of methoxy groups -OCH3 is 2. The van der Waals surface area contributed by atoms with Crippen LogP contribution in [0, 0.1) is 0 Å². The van der Waals surface area contributed by atoms with Crippen molar-refractivity contribution in [1.29, 1.82) is 0 Å². The van der Waals surface area contributed by atoms with Gasteiger partial charge in [0.15, 0.2) is 17.3 Å². The van der Waals surface area contributed by atoms with E-state index in [0.717, 1.165) is 28.3 Å². The van der Waals surface area contributed by atoms with Gasteiger partial charge < -0.3 is 9.47 Å². The second kappa shape index (κ2) is 5.66. The van der Waals surface area contributed by atoms with Gasteiger partial charge in [0, 0.05) is 16.9 Å². The van der Waals surface area contributed by atoms with Crippen molar-refractivity contribution in [2.75, 3.05) is 14.2 Å². The Balaban J connectivity index is 2.11. The number of carbonyl (C=O) groups is 1. The first-order chi connectivity index (χ1) is 10.2. The molecule has 1 heterocycles. The lowest BCUT2D eigenvalue weighted by atomic mass is 10.0. The summed E-state index contributed by atoms with van der Waals surface area (Å²) in [6.07, 6.45) is 2.38. The van der Waals surface area contributed by atoms with Crippen molar-refractivity contribution < 1.29 is 14.3 Å². The predicted molar refractivity (Wildman–Crippen MR) is 82.9 cm³/mol. The van der Waals surface area contributed by atoms with Gasteiger partial charge in [0.2, 0.25) is 0 Å². The van der Waals surface area contributed by atoms with E-state index < -0.39 is 0 Å². The lowest BCUT2D eigenvalue weighted by Crippen LogP contribution is -2.08. The maximum atomic E-state index is 11.9. The third kappa shape index (κ3) is 2.40. The Morgan fingerprint density at radius 3 is 2.71 bits per heavy atom. The number of ether oxygens (including phenoxy) is 2. The molecule has 0 unspecified atom stereocenters. The van der Waals surface area contributed by atoms with Crippen molar-refractivity contribution in [3.63, 3.8) is 0 Å². The SMILES string of the molecule is COc1ccc(-c2nc3c(s2)CCCC3=O)c(Cl)c1OC. The Kier molecular flexibility index (Phi) is 3.87. The third-order valence-corrected chi connectivity index (χ3v) is 5.01. The molecule has 1 aromatic carbocycles. The van der Waals surface area contributed by atoms with Crippen molar-refractivity contribution in [1.82, 2.24) is 4.98 Å². The van der Waals surface area contributed by atoms with Crippen LogP contribution in [0.25, 0.3) is 10.6 Å². The standard InChI is InChI=1S/C15H14ClNO3S/c1-19-10-7-6-8(12(16)14(10)20-2)15-17-13-9(18)4-3-5-11(13)21-15/h6-7H,3-5H2,1-2H3. The van der Waals surface area contributed by atoms with E-state index in [1.165, 1.54) is 11.3 Å². The molecular formula is C15H14ClNO3S. The molecule has 0 saturated carbocycles. The number of thiazole rings is 1. The predicted octanol–water partition coefficient (Wildman–Crippen LogP) is 4.00. The van der Waals surface area contributed by atoms with Crippen LogP contribution in [0.15, 0.2) is 12.1 Å².